The molecule has 6 nitrogen and oxygen atoms in total. The number of carbonyl (C=O) groups is 1. The molecule has 0 fully saturated rings. The number of nitrogens with zero attached hydrogens (tertiary/aromatic N) is 3. The van der Waals surface area contributed by atoms with Crippen LogP contribution in [-0.2, 0) is 30.7 Å². The summed E-state index contributed by atoms with van der Waals surface area (Å²) in [4.78, 5) is 24.6. The first-order valence-electron chi connectivity index (χ1n) is 9.22. The standard InChI is InChI=1S/C19H26N4O2/c1-2-3-7-15-9-11-16(12-10-15)20-18(24)14-23-19(25)22-13-6-4-5-8-17(22)21-23/h9-12H,2-8,13-14H2,1H3,(H,20,24). The highest BCUT2D eigenvalue weighted by Gasteiger charge is 2.17. The van der Waals surface area contributed by atoms with E-state index >= 15 is 0 Å². The molecule has 6 heteroatoms. The van der Waals surface area contributed by atoms with Gasteiger partial charge in [0.05, 0.1) is 0 Å². The van der Waals surface area contributed by atoms with Crippen molar-refractivity contribution in [2.75, 3.05) is 5.32 Å². The first-order chi connectivity index (χ1) is 12.2. The Labute approximate surface area is 147 Å². The third-order valence-electron chi connectivity index (χ3n) is 4.63. The molecule has 2 aromatic rings. The summed E-state index contributed by atoms with van der Waals surface area (Å²) >= 11 is 0. The largest absolute Gasteiger partial charge is 0.346 e. The fourth-order valence-corrected chi connectivity index (χ4v) is 3.20. The fourth-order valence-electron chi connectivity index (χ4n) is 3.20. The maximum absolute atomic E-state index is 12.4. The van der Waals surface area contributed by atoms with Crippen molar-refractivity contribution >= 4 is 11.6 Å². The number of anilines is 1. The van der Waals surface area contributed by atoms with Gasteiger partial charge in [-0.25, -0.2) is 9.48 Å². The number of aryl methyl sites for hydroxylation is 2. The number of benzene rings is 1. The molecule has 0 saturated carbocycles. The minimum Gasteiger partial charge on any atom is -0.324 e. The van der Waals surface area contributed by atoms with Crippen LogP contribution in [0.5, 0.6) is 0 Å². The maximum Gasteiger partial charge on any atom is 0.346 e. The van der Waals surface area contributed by atoms with E-state index in [1.807, 2.05) is 24.3 Å². The summed E-state index contributed by atoms with van der Waals surface area (Å²) in [5.74, 6) is 0.576. The van der Waals surface area contributed by atoms with Crippen LogP contribution in [0, 0.1) is 0 Å². The first kappa shape index (κ1) is 17.5. The van der Waals surface area contributed by atoms with E-state index in [2.05, 4.69) is 17.3 Å². The van der Waals surface area contributed by atoms with Crippen molar-refractivity contribution in [3.05, 3.63) is 46.1 Å². The van der Waals surface area contributed by atoms with Gasteiger partial charge in [0.25, 0.3) is 0 Å². The molecule has 0 radical (unpaired) electrons. The van der Waals surface area contributed by atoms with Crippen LogP contribution in [0.25, 0.3) is 0 Å². The molecule has 25 heavy (non-hydrogen) atoms. The molecule has 0 bridgehead atoms. The van der Waals surface area contributed by atoms with E-state index in [0.29, 0.717) is 6.54 Å². The molecule has 1 amide bonds. The first-order valence-corrected chi connectivity index (χ1v) is 9.22. The summed E-state index contributed by atoms with van der Waals surface area (Å²) in [7, 11) is 0. The molecule has 2 heterocycles. The number of carbonyl (C=O) groups excluding carboxylic acids is 1. The topological polar surface area (TPSA) is 68.9 Å². The lowest BCUT2D eigenvalue weighted by Gasteiger charge is -2.06. The number of hydrogen-bond donors (Lipinski definition) is 1. The molecule has 1 aliphatic heterocycles. The van der Waals surface area contributed by atoms with Gasteiger partial charge in [0, 0.05) is 18.7 Å². The van der Waals surface area contributed by atoms with Gasteiger partial charge in [0.15, 0.2) is 0 Å². The molecule has 0 spiro atoms. The molecule has 0 atom stereocenters. The van der Waals surface area contributed by atoms with Gasteiger partial charge in [-0.05, 0) is 43.4 Å². The lowest BCUT2D eigenvalue weighted by molar-refractivity contribution is -0.117. The van der Waals surface area contributed by atoms with Gasteiger partial charge in [-0.3, -0.25) is 9.36 Å². The number of nitrogens with one attached hydrogen (secondary N) is 1. The van der Waals surface area contributed by atoms with E-state index < -0.39 is 0 Å². The second kappa shape index (κ2) is 8.14. The summed E-state index contributed by atoms with van der Waals surface area (Å²) in [6.07, 6.45) is 7.37. The van der Waals surface area contributed by atoms with E-state index in [9.17, 15) is 9.59 Å². The smallest absolute Gasteiger partial charge is 0.324 e. The molecular formula is C19H26N4O2. The average molecular weight is 342 g/mol. The number of aromatic nitrogens is 3. The predicted molar refractivity (Wildman–Crippen MR) is 97.7 cm³/mol. The van der Waals surface area contributed by atoms with E-state index in [-0.39, 0.29) is 18.1 Å². The van der Waals surface area contributed by atoms with E-state index in [0.717, 1.165) is 43.6 Å². The summed E-state index contributed by atoms with van der Waals surface area (Å²) in [5.41, 5.74) is 1.84. The second-order valence-electron chi connectivity index (χ2n) is 6.67. The quantitative estimate of drug-likeness (QED) is 0.877. The van der Waals surface area contributed by atoms with Gasteiger partial charge in [-0.1, -0.05) is 31.9 Å². The maximum atomic E-state index is 12.4. The molecule has 0 saturated heterocycles. The van der Waals surface area contributed by atoms with Gasteiger partial charge < -0.3 is 5.32 Å². The Balaban J connectivity index is 1.62. The second-order valence-corrected chi connectivity index (χ2v) is 6.67. The highest BCUT2D eigenvalue weighted by molar-refractivity contribution is 5.90. The van der Waals surface area contributed by atoms with Crippen molar-refractivity contribution in [2.45, 2.75) is 65.0 Å². The van der Waals surface area contributed by atoms with Crippen LogP contribution in [-0.4, -0.2) is 20.3 Å². The van der Waals surface area contributed by atoms with Crippen molar-refractivity contribution in [1.29, 1.82) is 0 Å². The van der Waals surface area contributed by atoms with Gasteiger partial charge in [-0.15, -0.1) is 0 Å². The minimum atomic E-state index is -0.225. The third kappa shape index (κ3) is 4.38. The number of fused-ring (bicyclic) bond motifs is 1. The fraction of sp³-hybridized carbons (Fsp3) is 0.526. The van der Waals surface area contributed by atoms with Gasteiger partial charge in [-0.2, -0.15) is 5.10 Å². The van der Waals surface area contributed by atoms with Crippen LogP contribution in [0.2, 0.25) is 0 Å². The Bertz CT molecular complexity index is 774. The van der Waals surface area contributed by atoms with Crippen molar-refractivity contribution in [3.63, 3.8) is 0 Å². The Morgan fingerprint density at radius 2 is 2.00 bits per heavy atom. The van der Waals surface area contributed by atoms with Crippen LogP contribution < -0.4 is 11.0 Å². The zero-order chi connectivity index (χ0) is 17.6. The van der Waals surface area contributed by atoms with E-state index in [4.69, 9.17) is 0 Å². The number of unbranched alkanes of at least 4 members (excludes halogenated alkanes) is 1. The van der Waals surface area contributed by atoms with Gasteiger partial charge in [0.1, 0.15) is 12.4 Å². The normalized spacial score (nSPS) is 14.0. The Kier molecular flexibility index (Phi) is 5.68. The van der Waals surface area contributed by atoms with E-state index in [1.165, 1.54) is 23.1 Å². The van der Waals surface area contributed by atoms with Gasteiger partial charge in [0.2, 0.25) is 5.91 Å². The van der Waals surface area contributed by atoms with Gasteiger partial charge >= 0.3 is 5.69 Å². The van der Waals surface area contributed by atoms with Crippen LogP contribution >= 0.6 is 0 Å². The monoisotopic (exact) mass is 342 g/mol. The third-order valence-corrected chi connectivity index (χ3v) is 4.63. The average Bonchev–Trinajstić information content (AvgIpc) is 2.78. The number of rotatable bonds is 6. The minimum absolute atomic E-state index is 0.0452. The molecule has 1 aliphatic rings. The SMILES string of the molecule is CCCCc1ccc(NC(=O)Cn2nc3n(c2=O)CCCCC3)cc1. The zero-order valence-corrected chi connectivity index (χ0v) is 14.8. The number of amides is 1. The molecule has 1 aromatic heterocycles. The molecule has 1 aromatic carbocycles. The van der Waals surface area contributed by atoms with Crippen molar-refractivity contribution in [3.8, 4) is 0 Å². The van der Waals surface area contributed by atoms with Crippen molar-refractivity contribution in [1.82, 2.24) is 14.3 Å². The highest BCUT2D eigenvalue weighted by Crippen LogP contribution is 2.12. The highest BCUT2D eigenvalue weighted by atomic mass is 16.2. The molecule has 134 valence electrons. The molecule has 3 rings (SSSR count). The van der Waals surface area contributed by atoms with Crippen LogP contribution in [0.15, 0.2) is 29.1 Å². The lowest BCUT2D eigenvalue weighted by atomic mass is 10.1. The summed E-state index contributed by atoms with van der Waals surface area (Å²) in [6, 6.07) is 7.90. The Morgan fingerprint density at radius 3 is 2.76 bits per heavy atom. The van der Waals surface area contributed by atoms with Crippen LogP contribution in [0.4, 0.5) is 5.69 Å². The molecule has 0 unspecified atom stereocenters. The van der Waals surface area contributed by atoms with Crippen LogP contribution in [0.1, 0.15) is 50.4 Å². The summed E-state index contributed by atoms with van der Waals surface area (Å²) in [6.45, 7) is 2.83. The zero-order valence-electron chi connectivity index (χ0n) is 14.8. The summed E-state index contributed by atoms with van der Waals surface area (Å²) < 4.78 is 2.99. The predicted octanol–water partition coefficient (Wildman–Crippen LogP) is 2.75. The van der Waals surface area contributed by atoms with E-state index in [1.54, 1.807) is 4.57 Å². The van der Waals surface area contributed by atoms with Crippen molar-refractivity contribution < 1.29 is 4.79 Å². The summed E-state index contributed by atoms with van der Waals surface area (Å²) in [5, 5.41) is 7.19. The molecule has 0 aliphatic carbocycles. The molecular weight excluding hydrogens is 316 g/mol. The molecule has 1 N–H and O–H groups in total. The van der Waals surface area contributed by atoms with Crippen molar-refractivity contribution in [2.24, 2.45) is 0 Å². The lowest BCUT2D eigenvalue weighted by Crippen LogP contribution is -2.30. The van der Waals surface area contributed by atoms with Crippen LogP contribution in [0.3, 0.4) is 0 Å². The Hall–Kier alpha value is -2.37. The Morgan fingerprint density at radius 1 is 1.20 bits per heavy atom. The number of hydrogen-bond acceptors (Lipinski definition) is 3.